The van der Waals surface area contributed by atoms with Gasteiger partial charge in [-0.15, -0.1) is 0 Å². The van der Waals surface area contributed by atoms with Crippen LogP contribution in [-0.2, 0) is 11.2 Å². The lowest BCUT2D eigenvalue weighted by Gasteiger charge is -2.20. The third-order valence-corrected chi connectivity index (χ3v) is 3.92. The molecule has 116 valence electrons. The molecule has 1 fully saturated rings. The summed E-state index contributed by atoms with van der Waals surface area (Å²) in [6.07, 6.45) is 2.05. The van der Waals surface area contributed by atoms with Crippen molar-refractivity contribution >= 4 is 5.97 Å². The zero-order valence-electron chi connectivity index (χ0n) is 12.6. The number of benzene rings is 1. The highest BCUT2D eigenvalue weighted by atomic mass is 16.5. The van der Waals surface area contributed by atoms with Crippen molar-refractivity contribution in [3.63, 3.8) is 0 Å². The summed E-state index contributed by atoms with van der Waals surface area (Å²) < 4.78 is 5.16. The Balaban J connectivity index is 1.76. The van der Waals surface area contributed by atoms with Gasteiger partial charge in [0, 0.05) is 26.2 Å². The molecule has 1 aromatic carbocycles. The maximum absolute atomic E-state index is 10.8. The Morgan fingerprint density at radius 3 is 2.48 bits per heavy atom. The number of methoxy groups -OCH3 is 1. The monoisotopic (exact) mass is 292 g/mol. The average Bonchev–Trinajstić information content (AvgIpc) is 2.70. The zero-order chi connectivity index (χ0) is 15.1. The lowest BCUT2D eigenvalue weighted by molar-refractivity contribution is -0.138. The molecule has 0 aromatic heterocycles. The normalized spacial score (nSPS) is 17.4. The molecule has 0 bridgehead atoms. The van der Waals surface area contributed by atoms with E-state index in [0.717, 1.165) is 51.3 Å². The van der Waals surface area contributed by atoms with Crippen LogP contribution in [0.5, 0.6) is 5.75 Å². The van der Waals surface area contributed by atoms with Crippen LogP contribution in [-0.4, -0.2) is 67.3 Å². The van der Waals surface area contributed by atoms with Crippen molar-refractivity contribution in [2.75, 3.05) is 46.4 Å². The number of aliphatic carboxylic acids is 1. The lowest BCUT2D eigenvalue weighted by Crippen LogP contribution is -2.34. The molecule has 1 saturated heterocycles. The molecule has 0 aliphatic carbocycles. The molecule has 1 aromatic rings. The summed E-state index contributed by atoms with van der Waals surface area (Å²) in [5.41, 5.74) is 1.31. The third-order valence-electron chi connectivity index (χ3n) is 3.92. The van der Waals surface area contributed by atoms with Gasteiger partial charge in [-0.3, -0.25) is 9.69 Å². The van der Waals surface area contributed by atoms with Crippen molar-refractivity contribution in [3.8, 4) is 5.75 Å². The van der Waals surface area contributed by atoms with E-state index in [2.05, 4.69) is 17.0 Å². The van der Waals surface area contributed by atoms with Crippen LogP contribution in [0, 0.1) is 0 Å². The summed E-state index contributed by atoms with van der Waals surface area (Å²) in [6.45, 7) is 4.90. The second-order valence-corrected chi connectivity index (χ2v) is 5.46. The van der Waals surface area contributed by atoms with Crippen LogP contribution in [0.1, 0.15) is 12.0 Å². The SMILES string of the molecule is COc1ccc(CCN2CCCN(CC(=O)O)CC2)cc1. The molecule has 0 amide bonds. The van der Waals surface area contributed by atoms with E-state index in [9.17, 15) is 4.79 Å². The van der Waals surface area contributed by atoms with Crippen LogP contribution in [0.15, 0.2) is 24.3 Å². The van der Waals surface area contributed by atoms with E-state index in [1.165, 1.54) is 5.56 Å². The van der Waals surface area contributed by atoms with E-state index < -0.39 is 5.97 Å². The van der Waals surface area contributed by atoms with E-state index in [1.807, 2.05) is 17.0 Å². The minimum absolute atomic E-state index is 0.159. The number of nitrogens with zero attached hydrogens (tertiary/aromatic N) is 2. The highest BCUT2D eigenvalue weighted by molar-refractivity contribution is 5.69. The molecular formula is C16H24N2O3. The van der Waals surface area contributed by atoms with Gasteiger partial charge in [0.15, 0.2) is 0 Å². The number of hydrogen-bond acceptors (Lipinski definition) is 4. The average molecular weight is 292 g/mol. The Morgan fingerprint density at radius 1 is 1.14 bits per heavy atom. The molecule has 0 atom stereocenters. The first-order valence-electron chi connectivity index (χ1n) is 7.47. The van der Waals surface area contributed by atoms with E-state index in [4.69, 9.17) is 9.84 Å². The third kappa shape index (κ3) is 5.36. The summed E-state index contributed by atoms with van der Waals surface area (Å²) in [5.74, 6) is 0.152. The van der Waals surface area contributed by atoms with Crippen LogP contribution in [0.25, 0.3) is 0 Å². The molecule has 0 spiro atoms. The molecule has 1 aliphatic rings. The Morgan fingerprint density at radius 2 is 1.81 bits per heavy atom. The van der Waals surface area contributed by atoms with Gasteiger partial charge in [0.05, 0.1) is 13.7 Å². The Bertz CT molecular complexity index is 447. The topological polar surface area (TPSA) is 53.0 Å². The Labute approximate surface area is 126 Å². The van der Waals surface area contributed by atoms with Crippen LogP contribution >= 0.6 is 0 Å². The number of carboxylic acid groups (broad SMARTS) is 1. The first-order valence-corrected chi connectivity index (χ1v) is 7.47. The molecule has 1 N–H and O–H groups in total. The molecule has 0 saturated carbocycles. The number of hydrogen-bond donors (Lipinski definition) is 1. The first kappa shape index (κ1) is 15.8. The van der Waals surface area contributed by atoms with Gasteiger partial charge >= 0.3 is 5.97 Å². The maximum Gasteiger partial charge on any atom is 0.317 e. The van der Waals surface area contributed by atoms with Crippen LogP contribution in [0.2, 0.25) is 0 Å². The maximum atomic E-state index is 10.8. The quantitative estimate of drug-likeness (QED) is 0.857. The molecule has 1 heterocycles. The zero-order valence-corrected chi connectivity index (χ0v) is 12.6. The fourth-order valence-corrected chi connectivity index (χ4v) is 2.68. The van der Waals surface area contributed by atoms with Crippen molar-refractivity contribution in [2.45, 2.75) is 12.8 Å². The number of rotatable bonds is 6. The Hall–Kier alpha value is -1.59. The van der Waals surface area contributed by atoms with E-state index in [-0.39, 0.29) is 6.54 Å². The van der Waals surface area contributed by atoms with Crippen molar-refractivity contribution in [2.24, 2.45) is 0 Å². The largest absolute Gasteiger partial charge is 0.497 e. The molecular weight excluding hydrogens is 268 g/mol. The van der Waals surface area contributed by atoms with Crippen LogP contribution < -0.4 is 4.74 Å². The number of carbonyl (C=O) groups is 1. The summed E-state index contributed by atoms with van der Waals surface area (Å²) in [6, 6.07) is 8.19. The Kier molecular flexibility index (Phi) is 6.02. The van der Waals surface area contributed by atoms with Gasteiger partial charge in [-0.2, -0.15) is 0 Å². The molecule has 5 heteroatoms. The molecule has 2 rings (SSSR count). The standard InChI is InChI=1S/C16H24N2O3/c1-21-15-5-3-14(4-6-15)7-10-17-8-2-9-18(12-11-17)13-16(19)20/h3-6H,2,7-13H2,1H3,(H,19,20). The van der Waals surface area contributed by atoms with Crippen LogP contribution in [0.3, 0.4) is 0 Å². The van der Waals surface area contributed by atoms with Crippen molar-refractivity contribution in [3.05, 3.63) is 29.8 Å². The van der Waals surface area contributed by atoms with Gasteiger partial charge in [0.25, 0.3) is 0 Å². The first-order chi connectivity index (χ1) is 10.2. The summed E-state index contributed by atoms with van der Waals surface area (Å²) in [5, 5.41) is 8.85. The van der Waals surface area contributed by atoms with Crippen LogP contribution in [0.4, 0.5) is 0 Å². The van der Waals surface area contributed by atoms with Gasteiger partial charge in [0.1, 0.15) is 5.75 Å². The predicted octanol–water partition coefficient (Wildman–Crippen LogP) is 1.33. The van der Waals surface area contributed by atoms with E-state index in [1.54, 1.807) is 7.11 Å². The van der Waals surface area contributed by atoms with Gasteiger partial charge < -0.3 is 14.7 Å². The highest BCUT2D eigenvalue weighted by Crippen LogP contribution is 2.12. The van der Waals surface area contributed by atoms with E-state index in [0.29, 0.717) is 0 Å². The number of carboxylic acids is 1. The van der Waals surface area contributed by atoms with Gasteiger partial charge in [0.2, 0.25) is 0 Å². The molecule has 1 aliphatic heterocycles. The van der Waals surface area contributed by atoms with E-state index >= 15 is 0 Å². The van der Waals surface area contributed by atoms with Gasteiger partial charge in [-0.1, -0.05) is 12.1 Å². The highest BCUT2D eigenvalue weighted by Gasteiger charge is 2.16. The fraction of sp³-hybridized carbons (Fsp3) is 0.562. The van der Waals surface area contributed by atoms with Crippen molar-refractivity contribution < 1.29 is 14.6 Å². The summed E-state index contributed by atoms with van der Waals surface area (Å²) in [7, 11) is 1.68. The fourth-order valence-electron chi connectivity index (χ4n) is 2.68. The van der Waals surface area contributed by atoms with Gasteiger partial charge in [-0.05, 0) is 37.1 Å². The molecule has 21 heavy (non-hydrogen) atoms. The smallest absolute Gasteiger partial charge is 0.317 e. The molecule has 5 nitrogen and oxygen atoms in total. The minimum Gasteiger partial charge on any atom is -0.497 e. The minimum atomic E-state index is -0.735. The summed E-state index contributed by atoms with van der Waals surface area (Å²) in [4.78, 5) is 15.2. The van der Waals surface area contributed by atoms with Gasteiger partial charge in [-0.25, -0.2) is 0 Å². The predicted molar refractivity (Wildman–Crippen MR) is 81.8 cm³/mol. The molecule has 0 unspecified atom stereocenters. The molecule has 0 radical (unpaired) electrons. The van der Waals surface area contributed by atoms with Crippen molar-refractivity contribution in [1.29, 1.82) is 0 Å². The van der Waals surface area contributed by atoms with Crippen molar-refractivity contribution in [1.82, 2.24) is 9.80 Å². The summed E-state index contributed by atoms with van der Waals surface area (Å²) >= 11 is 0. The lowest BCUT2D eigenvalue weighted by atomic mass is 10.1. The second-order valence-electron chi connectivity index (χ2n) is 5.46. The number of ether oxygens (including phenoxy) is 1. The second kappa shape index (κ2) is 8.00.